The standard InChI is InChI=1S/C17H16FN3OS/c18-15-5-3-14(4-6-15)16-12-23-17(20-16)21(8-9-22)11-13-2-1-7-19-10-13/h1-7,10,12,22H,8-9,11H2. The van der Waals surface area contributed by atoms with Crippen molar-refractivity contribution in [1.82, 2.24) is 9.97 Å². The Balaban J connectivity index is 1.81. The van der Waals surface area contributed by atoms with Crippen molar-refractivity contribution in [2.24, 2.45) is 0 Å². The van der Waals surface area contributed by atoms with Crippen LogP contribution in [0.1, 0.15) is 5.56 Å². The Bertz CT molecular complexity index is 746. The van der Waals surface area contributed by atoms with Crippen molar-refractivity contribution in [3.63, 3.8) is 0 Å². The maximum absolute atomic E-state index is 13.0. The molecule has 0 spiro atoms. The summed E-state index contributed by atoms with van der Waals surface area (Å²) in [6.07, 6.45) is 3.54. The van der Waals surface area contributed by atoms with E-state index in [4.69, 9.17) is 0 Å². The quantitative estimate of drug-likeness (QED) is 0.753. The van der Waals surface area contributed by atoms with Crippen LogP contribution < -0.4 is 4.90 Å². The summed E-state index contributed by atoms with van der Waals surface area (Å²) in [5, 5.41) is 12.1. The number of aliphatic hydroxyl groups is 1. The van der Waals surface area contributed by atoms with Crippen LogP contribution in [0.2, 0.25) is 0 Å². The summed E-state index contributed by atoms with van der Waals surface area (Å²) < 4.78 is 13.0. The van der Waals surface area contributed by atoms with Crippen molar-refractivity contribution < 1.29 is 9.50 Å². The van der Waals surface area contributed by atoms with Gasteiger partial charge in [0.15, 0.2) is 5.13 Å². The number of hydrogen-bond acceptors (Lipinski definition) is 5. The molecule has 0 aliphatic heterocycles. The van der Waals surface area contributed by atoms with Gasteiger partial charge in [0, 0.05) is 36.4 Å². The van der Waals surface area contributed by atoms with Crippen LogP contribution in [0.4, 0.5) is 9.52 Å². The van der Waals surface area contributed by atoms with Gasteiger partial charge >= 0.3 is 0 Å². The second-order valence-electron chi connectivity index (χ2n) is 5.03. The highest BCUT2D eigenvalue weighted by Crippen LogP contribution is 2.28. The number of pyridine rings is 1. The van der Waals surface area contributed by atoms with E-state index in [0.29, 0.717) is 13.1 Å². The molecular weight excluding hydrogens is 313 g/mol. The van der Waals surface area contributed by atoms with Gasteiger partial charge in [-0.05, 0) is 35.9 Å². The average Bonchev–Trinajstić information content (AvgIpc) is 3.06. The molecule has 118 valence electrons. The van der Waals surface area contributed by atoms with Gasteiger partial charge in [-0.1, -0.05) is 6.07 Å². The van der Waals surface area contributed by atoms with E-state index in [0.717, 1.165) is 22.0 Å². The fourth-order valence-corrected chi connectivity index (χ4v) is 3.10. The predicted octanol–water partition coefficient (Wildman–Crippen LogP) is 3.34. The Labute approximate surface area is 137 Å². The third-order valence-corrected chi connectivity index (χ3v) is 4.27. The zero-order valence-corrected chi connectivity index (χ0v) is 13.2. The van der Waals surface area contributed by atoms with Crippen LogP contribution >= 0.6 is 11.3 Å². The molecule has 0 aliphatic rings. The van der Waals surface area contributed by atoms with E-state index in [-0.39, 0.29) is 12.4 Å². The maximum Gasteiger partial charge on any atom is 0.186 e. The minimum atomic E-state index is -0.261. The minimum Gasteiger partial charge on any atom is -0.395 e. The Kier molecular flexibility index (Phi) is 4.95. The molecule has 4 nitrogen and oxygen atoms in total. The van der Waals surface area contributed by atoms with Crippen molar-refractivity contribution in [1.29, 1.82) is 0 Å². The summed E-state index contributed by atoms with van der Waals surface area (Å²) in [7, 11) is 0. The predicted molar refractivity (Wildman–Crippen MR) is 89.9 cm³/mol. The molecule has 0 saturated heterocycles. The first kappa shape index (κ1) is 15.6. The van der Waals surface area contributed by atoms with E-state index in [1.807, 2.05) is 22.4 Å². The van der Waals surface area contributed by atoms with Crippen molar-refractivity contribution in [2.45, 2.75) is 6.54 Å². The Morgan fingerprint density at radius 1 is 1.17 bits per heavy atom. The molecule has 0 saturated carbocycles. The molecular formula is C17H16FN3OS. The molecule has 0 unspecified atom stereocenters. The van der Waals surface area contributed by atoms with Crippen molar-refractivity contribution in [3.8, 4) is 11.3 Å². The molecule has 0 atom stereocenters. The molecule has 1 N–H and O–H groups in total. The van der Waals surface area contributed by atoms with E-state index in [9.17, 15) is 9.50 Å². The van der Waals surface area contributed by atoms with E-state index in [2.05, 4.69) is 9.97 Å². The summed E-state index contributed by atoms with van der Waals surface area (Å²) in [5.74, 6) is -0.261. The number of halogens is 1. The molecule has 0 amide bonds. The van der Waals surface area contributed by atoms with E-state index in [1.165, 1.54) is 23.5 Å². The summed E-state index contributed by atoms with van der Waals surface area (Å²) in [5.41, 5.74) is 2.73. The van der Waals surface area contributed by atoms with Gasteiger partial charge in [0.25, 0.3) is 0 Å². The zero-order chi connectivity index (χ0) is 16.1. The van der Waals surface area contributed by atoms with Gasteiger partial charge in [0.05, 0.1) is 12.3 Å². The lowest BCUT2D eigenvalue weighted by atomic mass is 10.2. The summed E-state index contributed by atoms with van der Waals surface area (Å²) >= 11 is 1.51. The molecule has 23 heavy (non-hydrogen) atoms. The van der Waals surface area contributed by atoms with Crippen LogP contribution in [-0.4, -0.2) is 28.2 Å². The van der Waals surface area contributed by atoms with Crippen LogP contribution in [0.5, 0.6) is 0 Å². The smallest absolute Gasteiger partial charge is 0.186 e. The first-order valence-electron chi connectivity index (χ1n) is 7.22. The van der Waals surface area contributed by atoms with E-state index < -0.39 is 0 Å². The van der Waals surface area contributed by atoms with Gasteiger partial charge in [0.1, 0.15) is 5.82 Å². The number of hydrogen-bond donors (Lipinski definition) is 1. The number of thiazole rings is 1. The molecule has 3 aromatic rings. The van der Waals surface area contributed by atoms with Crippen LogP contribution in [0.25, 0.3) is 11.3 Å². The average molecular weight is 329 g/mol. The highest BCUT2D eigenvalue weighted by atomic mass is 32.1. The summed E-state index contributed by atoms with van der Waals surface area (Å²) in [6.45, 7) is 1.17. The number of rotatable bonds is 6. The molecule has 0 bridgehead atoms. The monoisotopic (exact) mass is 329 g/mol. The molecule has 1 aromatic carbocycles. The number of nitrogens with zero attached hydrogens (tertiary/aromatic N) is 3. The Morgan fingerprint density at radius 3 is 2.70 bits per heavy atom. The third-order valence-electron chi connectivity index (χ3n) is 3.37. The van der Waals surface area contributed by atoms with Crippen LogP contribution in [0.3, 0.4) is 0 Å². The fourth-order valence-electron chi connectivity index (χ4n) is 2.24. The normalized spacial score (nSPS) is 10.7. The fraction of sp³-hybridized carbons (Fsp3) is 0.176. The zero-order valence-electron chi connectivity index (χ0n) is 12.4. The lowest BCUT2D eigenvalue weighted by Gasteiger charge is -2.20. The minimum absolute atomic E-state index is 0.0473. The van der Waals surface area contributed by atoms with Crippen molar-refractivity contribution >= 4 is 16.5 Å². The van der Waals surface area contributed by atoms with E-state index >= 15 is 0 Å². The molecule has 0 aliphatic carbocycles. The SMILES string of the molecule is OCCN(Cc1cccnc1)c1nc(-c2ccc(F)cc2)cs1. The van der Waals surface area contributed by atoms with Crippen LogP contribution in [-0.2, 0) is 6.54 Å². The summed E-state index contributed by atoms with van der Waals surface area (Å²) in [6, 6.07) is 10.2. The number of benzene rings is 1. The largest absolute Gasteiger partial charge is 0.395 e. The van der Waals surface area contributed by atoms with Crippen molar-refractivity contribution in [2.75, 3.05) is 18.1 Å². The van der Waals surface area contributed by atoms with Crippen LogP contribution in [0.15, 0.2) is 54.2 Å². The third kappa shape index (κ3) is 3.91. The van der Waals surface area contributed by atoms with Crippen LogP contribution in [0, 0.1) is 5.82 Å². The highest BCUT2D eigenvalue weighted by Gasteiger charge is 2.12. The van der Waals surface area contributed by atoms with Gasteiger partial charge < -0.3 is 10.0 Å². The second-order valence-corrected chi connectivity index (χ2v) is 5.87. The number of aliphatic hydroxyl groups excluding tert-OH is 1. The molecule has 2 aromatic heterocycles. The van der Waals surface area contributed by atoms with Gasteiger partial charge in [-0.2, -0.15) is 0 Å². The molecule has 6 heteroatoms. The first-order valence-corrected chi connectivity index (χ1v) is 8.10. The lowest BCUT2D eigenvalue weighted by molar-refractivity contribution is 0.301. The molecule has 0 fully saturated rings. The Hall–Kier alpha value is -2.31. The second kappa shape index (κ2) is 7.30. The topological polar surface area (TPSA) is 49.2 Å². The molecule has 2 heterocycles. The van der Waals surface area contributed by atoms with Gasteiger partial charge in [-0.15, -0.1) is 11.3 Å². The molecule has 3 rings (SSSR count). The van der Waals surface area contributed by atoms with Gasteiger partial charge in [-0.3, -0.25) is 4.98 Å². The number of aromatic nitrogens is 2. The van der Waals surface area contributed by atoms with Gasteiger partial charge in [0.2, 0.25) is 0 Å². The first-order chi connectivity index (χ1) is 11.3. The van der Waals surface area contributed by atoms with Gasteiger partial charge in [-0.25, -0.2) is 9.37 Å². The maximum atomic E-state index is 13.0. The van der Waals surface area contributed by atoms with Crippen molar-refractivity contribution in [3.05, 3.63) is 65.6 Å². The molecule has 0 radical (unpaired) electrons. The lowest BCUT2D eigenvalue weighted by Crippen LogP contribution is -2.26. The summed E-state index contributed by atoms with van der Waals surface area (Å²) in [4.78, 5) is 10.7. The highest BCUT2D eigenvalue weighted by molar-refractivity contribution is 7.14. The Morgan fingerprint density at radius 2 is 2.00 bits per heavy atom. The van der Waals surface area contributed by atoms with E-state index in [1.54, 1.807) is 24.5 Å². The number of anilines is 1.